The van der Waals surface area contributed by atoms with Gasteiger partial charge in [-0.15, -0.1) is 0 Å². The third kappa shape index (κ3) is 10.7. The van der Waals surface area contributed by atoms with E-state index in [9.17, 15) is 9.59 Å². The minimum absolute atomic E-state index is 0.0356. The van der Waals surface area contributed by atoms with Crippen LogP contribution in [0.25, 0.3) is 0 Å². The largest absolute Gasteiger partial charge is 0.367 e. The van der Waals surface area contributed by atoms with Crippen LogP contribution in [0.15, 0.2) is 0 Å². The van der Waals surface area contributed by atoms with Gasteiger partial charge in [0.15, 0.2) is 0 Å². The molecule has 246 valence electrons. The summed E-state index contributed by atoms with van der Waals surface area (Å²) in [6, 6.07) is 0. The van der Waals surface area contributed by atoms with Gasteiger partial charge in [0, 0.05) is 22.2 Å². The van der Waals surface area contributed by atoms with E-state index in [-0.39, 0.29) is 47.6 Å². The number of carbonyl (C=O) groups is 2. The molecule has 2 rings (SSSR count). The molecule has 0 amide bonds. The van der Waals surface area contributed by atoms with Crippen molar-refractivity contribution in [1.82, 2.24) is 9.80 Å². The van der Waals surface area contributed by atoms with Crippen LogP contribution in [0.2, 0.25) is 0 Å². The maximum Gasteiger partial charge on any atom is 0.367 e. The normalized spacial score (nSPS) is 23.5. The lowest BCUT2D eigenvalue weighted by molar-refractivity contribution is -0.342. The molecule has 2 fully saturated rings. The van der Waals surface area contributed by atoms with Crippen LogP contribution in [0.3, 0.4) is 0 Å². The van der Waals surface area contributed by atoms with Crippen molar-refractivity contribution in [3.63, 3.8) is 0 Å². The van der Waals surface area contributed by atoms with Crippen LogP contribution in [-0.2, 0) is 38.6 Å². The number of nitrogens with zero attached hydrogens (tertiary/aromatic N) is 2. The third-order valence-corrected chi connectivity index (χ3v) is 9.46. The smallest absolute Gasteiger partial charge is 0.366 e. The predicted molar refractivity (Wildman–Crippen MR) is 162 cm³/mol. The van der Waals surface area contributed by atoms with Crippen LogP contribution in [0.4, 0.5) is 0 Å². The second-order valence-corrected chi connectivity index (χ2v) is 16.1. The highest BCUT2D eigenvalue weighted by Crippen LogP contribution is 2.39. The topological polar surface area (TPSA) is 96.0 Å². The molecule has 0 radical (unpaired) electrons. The van der Waals surface area contributed by atoms with E-state index in [1.54, 1.807) is 0 Å². The fourth-order valence-corrected chi connectivity index (χ4v) is 6.22. The van der Waals surface area contributed by atoms with E-state index in [0.29, 0.717) is 12.8 Å². The van der Waals surface area contributed by atoms with E-state index in [1.807, 2.05) is 27.7 Å². The summed E-state index contributed by atoms with van der Waals surface area (Å²) in [7, 11) is 4.26. The van der Waals surface area contributed by atoms with E-state index in [0.717, 1.165) is 25.7 Å². The third-order valence-electron chi connectivity index (χ3n) is 9.46. The molecule has 0 unspecified atom stereocenters. The van der Waals surface area contributed by atoms with Crippen LogP contribution in [0.5, 0.6) is 0 Å². The first-order valence-corrected chi connectivity index (χ1v) is 15.4. The molecule has 0 spiro atoms. The van der Waals surface area contributed by atoms with Crippen LogP contribution in [-0.4, -0.2) is 94.6 Å². The lowest BCUT2D eigenvalue weighted by Gasteiger charge is -2.53. The fraction of sp³-hybridized carbons (Fsp3) is 0.938. The number of carbonyl (C=O) groups excluding carboxylic acids is 2. The van der Waals surface area contributed by atoms with E-state index in [4.69, 9.17) is 29.0 Å². The molecule has 0 aromatic carbocycles. The Kier molecular flexibility index (Phi) is 11.7. The van der Waals surface area contributed by atoms with Crippen LogP contribution in [0, 0.1) is 0 Å². The van der Waals surface area contributed by atoms with Gasteiger partial charge in [-0.25, -0.2) is 9.59 Å². The molecule has 0 aliphatic carbocycles. The molecule has 0 atom stereocenters. The number of hydrogen-bond donors (Lipinski definition) is 0. The molecule has 0 saturated carbocycles. The first-order valence-electron chi connectivity index (χ1n) is 15.4. The molecule has 2 aliphatic heterocycles. The van der Waals surface area contributed by atoms with Gasteiger partial charge in [0.05, 0.1) is 12.2 Å². The zero-order valence-electron chi connectivity index (χ0n) is 29.0. The second kappa shape index (κ2) is 13.4. The Balaban J connectivity index is 1.70. The number of ether oxygens (including phenoxy) is 2. The van der Waals surface area contributed by atoms with Gasteiger partial charge in [0.2, 0.25) is 0 Å². The minimum atomic E-state index is -0.783. The fourth-order valence-electron chi connectivity index (χ4n) is 6.22. The van der Waals surface area contributed by atoms with E-state index in [1.165, 1.54) is 0 Å². The van der Waals surface area contributed by atoms with Gasteiger partial charge < -0.3 is 9.47 Å². The van der Waals surface area contributed by atoms with Crippen molar-refractivity contribution in [1.29, 1.82) is 0 Å². The monoisotopic (exact) mass is 600 g/mol. The molecule has 2 heterocycles. The molecule has 42 heavy (non-hydrogen) atoms. The van der Waals surface area contributed by atoms with Crippen molar-refractivity contribution in [3.8, 4) is 0 Å². The Labute approximate surface area is 254 Å². The average Bonchev–Trinajstić information content (AvgIpc) is 2.84. The molecule has 10 nitrogen and oxygen atoms in total. The average molecular weight is 601 g/mol. The highest BCUT2D eigenvalue weighted by molar-refractivity contribution is 5.70. The molecule has 0 N–H and O–H groups in total. The standard InChI is InChI=1S/C32H60N2O8/c1-27(2)17-23(18-28(3,4)33(27)13)37-21-25(35)39-41-31(9,10)15-16-32(11,12)42-40-26(36)22-38-24-19-29(5,6)34(14)30(7,8)20-24/h23-24H,15-22H2,1-14H3. The summed E-state index contributed by atoms with van der Waals surface area (Å²) < 4.78 is 11.8. The molecular weight excluding hydrogens is 540 g/mol. The Bertz CT molecular complexity index is 817. The Morgan fingerprint density at radius 1 is 0.595 bits per heavy atom. The SMILES string of the molecule is CN1C(C)(C)CC(OCC(=O)OOC(C)(C)CCC(C)(C)OOC(=O)COC2CC(C)(C)N(C)C(C)(C)C2)CC1(C)C. The van der Waals surface area contributed by atoms with Gasteiger partial charge in [-0.05, 0) is 136 Å². The summed E-state index contributed by atoms with van der Waals surface area (Å²) in [4.78, 5) is 50.6. The highest BCUT2D eigenvalue weighted by atomic mass is 17.2. The molecule has 0 aromatic heterocycles. The quantitative estimate of drug-likeness (QED) is 0.196. The molecule has 2 aliphatic rings. The van der Waals surface area contributed by atoms with E-state index in [2.05, 4.69) is 79.3 Å². The van der Waals surface area contributed by atoms with Crippen LogP contribution < -0.4 is 0 Å². The summed E-state index contributed by atoms with van der Waals surface area (Å²) in [5, 5.41) is 0. The highest BCUT2D eigenvalue weighted by Gasteiger charge is 2.45. The lowest BCUT2D eigenvalue weighted by atomic mass is 9.79. The maximum absolute atomic E-state index is 12.4. The van der Waals surface area contributed by atoms with Gasteiger partial charge >= 0.3 is 11.9 Å². The van der Waals surface area contributed by atoms with Gasteiger partial charge in [-0.1, -0.05) is 0 Å². The van der Waals surface area contributed by atoms with Gasteiger partial charge in [0.1, 0.15) is 24.4 Å². The van der Waals surface area contributed by atoms with Gasteiger partial charge in [0.25, 0.3) is 0 Å². The van der Waals surface area contributed by atoms with E-state index >= 15 is 0 Å². The molecular formula is C32H60N2O8. The first kappa shape index (κ1) is 36.9. The van der Waals surface area contributed by atoms with Crippen molar-refractivity contribution < 1.29 is 38.6 Å². The first-order chi connectivity index (χ1) is 18.9. The Morgan fingerprint density at radius 2 is 0.857 bits per heavy atom. The predicted octanol–water partition coefficient (Wildman–Crippen LogP) is 5.61. The number of piperidine rings is 2. The second-order valence-electron chi connectivity index (χ2n) is 16.1. The summed E-state index contributed by atoms with van der Waals surface area (Å²) in [6.45, 7) is 24.4. The summed E-state index contributed by atoms with van der Waals surface area (Å²) in [5.74, 6) is -1.14. The van der Waals surface area contributed by atoms with Crippen LogP contribution in [0.1, 0.15) is 122 Å². The zero-order valence-corrected chi connectivity index (χ0v) is 29.0. The number of hydrogen-bond acceptors (Lipinski definition) is 10. The van der Waals surface area contributed by atoms with Gasteiger partial charge in [-0.2, -0.15) is 9.78 Å². The Hall–Kier alpha value is -1.30. The molecule has 0 bridgehead atoms. The molecule has 0 aromatic rings. The van der Waals surface area contributed by atoms with Crippen molar-refractivity contribution in [2.45, 2.75) is 167 Å². The van der Waals surface area contributed by atoms with Gasteiger partial charge in [-0.3, -0.25) is 19.6 Å². The minimum Gasteiger partial charge on any atom is -0.366 e. The summed E-state index contributed by atoms with van der Waals surface area (Å²) in [5.41, 5.74) is -1.71. The maximum atomic E-state index is 12.4. The number of rotatable bonds is 13. The van der Waals surface area contributed by atoms with Crippen LogP contribution >= 0.6 is 0 Å². The van der Waals surface area contributed by atoms with Crippen molar-refractivity contribution in [2.24, 2.45) is 0 Å². The number of likely N-dealkylation sites (tertiary alicyclic amines) is 2. The summed E-state index contributed by atoms with van der Waals surface area (Å²) >= 11 is 0. The zero-order chi connectivity index (χ0) is 32.4. The molecule has 10 heteroatoms. The Morgan fingerprint density at radius 3 is 1.12 bits per heavy atom. The van der Waals surface area contributed by atoms with E-state index < -0.39 is 23.1 Å². The lowest BCUT2D eigenvalue weighted by Crippen LogP contribution is -2.60. The molecule has 2 saturated heterocycles. The van der Waals surface area contributed by atoms with Crippen molar-refractivity contribution in [3.05, 3.63) is 0 Å². The van der Waals surface area contributed by atoms with Crippen molar-refractivity contribution in [2.75, 3.05) is 27.3 Å². The summed E-state index contributed by atoms with van der Waals surface area (Å²) in [6.07, 6.45) is 4.19. The van der Waals surface area contributed by atoms with Crippen molar-refractivity contribution >= 4 is 11.9 Å².